The molecule has 1 heterocycles. The fraction of sp³-hybridized carbons (Fsp3) is 0.368. The van der Waals surface area contributed by atoms with E-state index in [1.807, 2.05) is 12.1 Å². The average molecular weight is 356 g/mol. The number of aromatic nitrogens is 2. The van der Waals surface area contributed by atoms with Crippen LogP contribution in [0.1, 0.15) is 42.5 Å². The molecule has 2 rings (SSSR count). The van der Waals surface area contributed by atoms with Crippen LogP contribution in [0, 0.1) is 0 Å². The summed E-state index contributed by atoms with van der Waals surface area (Å²) < 4.78 is 4.60. The lowest BCUT2D eigenvalue weighted by atomic mass is 10.1. The highest BCUT2D eigenvalue weighted by Crippen LogP contribution is 2.14. The molecule has 1 amide bonds. The van der Waals surface area contributed by atoms with Gasteiger partial charge in [-0.1, -0.05) is 18.9 Å². The van der Waals surface area contributed by atoms with Crippen LogP contribution in [0.2, 0.25) is 0 Å². The molecule has 0 unspecified atom stereocenters. The normalized spacial score (nSPS) is 10.2. The highest BCUT2D eigenvalue weighted by molar-refractivity contribution is 5.95. The molecule has 26 heavy (non-hydrogen) atoms. The molecule has 7 heteroatoms. The second-order valence-corrected chi connectivity index (χ2v) is 5.77. The number of ether oxygens (including phenoxy) is 1. The summed E-state index contributed by atoms with van der Waals surface area (Å²) in [7, 11) is 1.40. The number of benzene rings is 1. The number of methoxy groups -OCH3 is 1. The maximum Gasteiger partial charge on any atom is 0.305 e. The second kappa shape index (κ2) is 10.8. The molecule has 0 spiro atoms. The van der Waals surface area contributed by atoms with Crippen molar-refractivity contribution in [3.63, 3.8) is 0 Å². The maximum absolute atomic E-state index is 12.2. The van der Waals surface area contributed by atoms with Crippen LogP contribution in [0.25, 0.3) is 0 Å². The average Bonchev–Trinajstić information content (AvgIpc) is 2.67. The molecule has 0 radical (unpaired) electrons. The molecule has 2 aromatic rings. The summed E-state index contributed by atoms with van der Waals surface area (Å²) in [5.41, 5.74) is 1.34. The third kappa shape index (κ3) is 6.88. The van der Waals surface area contributed by atoms with Gasteiger partial charge in [0.2, 0.25) is 5.95 Å². The highest BCUT2D eigenvalue weighted by Gasteiger charge is 2.06. The molecular formula is C19H24N4O3. The van der Waals surface area contributed by atoms with Gasteiger partial charge in [-0.3, -0.25) is 9.59 Å². The van der Waals surface area contributed by atoms with Gasteiger partial charge in [-0.25, -0.2) is 9.97 Å². The van der Waals surface area contributed by atoms with Crippen molar-refractivity contribution < 1.29 is 14.3 Å². The molecule has 0 aliphatic carbocycles. The first kappa shape index (κ1) is 19.4. The van der Waals surface area contributed by atoms with Crippen LogP contribution in [0.15, 0.2) is 42.7 Å². The van der Waals surface area contributed by atoms with Crippen LogP contribution in [0.5, 0.6) is 0 Å². The summed E-state index contributed by atoms with van der Waals surface area (Å²) in [5, 5.41) is 5.97. The van der Waals surface area contributed by atoms with E-state index in [4.69, 9.17) is 0 Å². The Kier molecular flexibility index (Phi) is 8.05. The number of nitrogens with one attached hydrogen (secondary N) is 2. The van der Waals surface area contributed by atoms with E-state index in [0.29, 0.717) is 24.5 Å². The van der Waals surface area contributed by atoms with Gasteiger partial charge in [-0.15, -0.1) is 0 Å². The predicted octanol–water partition coefficient (Wildman–Crippen LogP) is 3.07. The zero-order chi connectivity index (χ0) is 18.6. The zero-order valence-corrected chi connectivity index (χ0v) is 14.9. The van der Waals surface area contributed by atoms with Crippen LogP contribution in [0.4, 0.5) is 11.6 Å². The molecule has 2 N–H and O–H groups in total. The summed E-state index contributed by atoms with van der Waals surface area (Å²) in [5.74, 6) is 0.196. The standard InChI is InChI=1S/C19H24N4O3/c1-26-17(24)10-4-2-3-5-11-20-18(25)15-8-6-9-16(14-15)23-19-21-12-7-13-22-19/h6-9,12-14H,2-5,10-11H2,1H3,(H,20,25)(H,21,22,23). The van der Waals surface area contributed by atoms with Gasteiger partial charge in [0, 0.05) is 36.6 Å². The van der Waals surface area contributed by atoms with Crippen LogP contribution < -0.4 is 10.6 Å². The van der Waals surface area contributed by atoms with Crippen molar-refractivity contribution in [3.05, 3.63) is 48.3 Å². The smallest absolute Gasteiger partial charge is 0.305 e. The molecular weight excluding hydrogens is 332 g/mol. The molecule has 0 fully saturated rings. The Hall–Kier alpha value is -2.96. The van der Waals surface area contributed by atoms with Crippen molar-refractivity contribution in [2.24, 2.45) is 0 Å². The van der Waals surface area contributed by atoms with Crippen molar-refractivity contribution in [2.75, 3.05) is 19.0 Å². The number of nitrogens with zero attached hydrogens (tertiary/aromatic N) is 2. The molecule has 7 nitrogen and oxygen atoms in total. The van der Waals surface area contributed by atoms with Crippen molar-refractivity contribution in [2.45, 2.75) is 32.1 Å². The van der Waals surface area contributed by atoms with E-state index in [-0.39, 0.29) is 11.9 Å². The number of hydrogen-bond acceptors (Lipinski definition) is 6. The van der Waals surface area contributed by atoms with Gasteiger partial charge in [-0.05, 0) is 37.1 Å². The van der Waals surface area contributed by atoms with Gasteiger partial charge < -0.3 is 15.4 Å². The monoisotopic (exact) mass is 356 g/mol. The Balaban J connectivity index is 1.70. The maximum atomic E-state index is 12.2. The van der Waals surface area contributed by atoms with Crippen molar-refractivity contribution in [3.8, 4) is 0 Å². The number of rotatable bonds is 10. The Morgan fingerprint density at radius 2 is 1.81 bits per heavy atom. The van der Waals surface area contributed by atoms with Crippen molar-refractivity contribution >= 4 is 23.5 Å². The molecule has 0 saturated carbocycles. The SMILES string of the molecule is COC(=O)CCCCCCNC(=O)c1cccc(Nc2ncccn2)c1. The van der Waals surface area contributed by atoms with Crippen LogP contribution in [-0.4, -0.2) is 35.5 Å². The first-order valence-electron chi connectivity index (χ1n) is 8.68. The van der Waals surface area contributed by atoms with Crippen LogP contribution in [-0.2, 0) is 9.53 Å². The van der Waals surface area contributed by atoms with E-state index < -0.39 is 0 Å². The summed E-state index contributed by atoms with van der Waals surface area (Å²) in [6.45, 7) is 0.608. The first-order valence-corrected chi connectivity index (χ1v) is 8.68. The van der Waals surface area contributed by atoms with Gasteiger partial charge in [-0.2, -0.15) is 0 Å². The van der Waals surface area contributed by atoms with E-state index in [1.54, 1.807) is 30.6 Å². The number of anilines is 2. The number of carbonyl (C=O) groups excluding carboxylic acids is 2. The van der Waals surface area contributed by atoms with E-state index >= 15 is 0 Å². The third-order valence-corrected chi connectivity index (χ3v) is 3.77. The molecule has 138 valence electrons. The minimum absolute atomic E-state index is 0.114. The summed E-state index contributed by atoms with van der Waals surface area (Å²) in [4.78, 5) is 31.4. The predicted molar refractivity (Wildman–Crippen MR) is 99.2 cm³/mol. The van der Waals surface area contributed by atoms with Crippen molar-refractivity contribution in [1.29, 1.82) is 0 Å². The van der Waals surface area contributed by atoms with Crippen molar-refractivity contribution in [1.82, 2.24) is 15.3 Å². The van der Waals surface area contributed by atoms with E-state index in [9.17, 15) is 9.59 Å². The lowest BCUT2D eigenvalue weighted by molar-refractivity contribution is -0.140. The minimum atomic E-state index is -0.173. The van der Waals surface area contributed by atoms with Crippen LogP contribution >= 0.6 is 0 Å². The Morgan fingerprint density at radius 1 is 1.04 bits per heavy atom. The fourth-order valence-electron chi connectivity index (χ4n) is 2.38. The summed E-state index contributed by atoms with van der Waals surface area (Å²) in [6.07, 6.45) is 7.35. The van der Waals surface area contributed by atoms with Gasteiger partial charge in [0.1, 0.15) is 0 Å². The number of unbranched alkanes of at least 4 members (excludes halogenated alkanes) is 3. The zero-order valence-electron chi connectivity index (χ0n) is 14.9. The number of esters is 1. The third-order valence-electron chi connectivity index (χ3n) is 3.77. The summed E-state index contributed by atoms with van der Waals surface area (Å²) in [6, 6.07) is 8.94. The Bertz CT molecular complexity index is 707. The summed E-state index contributed by atoms with van der Waals surface area (Å²) >= 11 is 0. The molecule has 1 aromatic carbocycles. The molecule has 0 aliphatic heterocycles. The van der Waals surface area contributed by atoms with E-state index in [2.05, 4.69) is 25.3 Å². The molecule has 0 aliphatic rings. The van der Waals surface area contributed by atoms with E-state index in [1.165, 1.54) is 7.11 Å². The minimum Gasteiger partial charge on any atom is -0.469 e. The lowest BCUT2D eigenvalue weighted by Crippen LogP contribution is -2.24. The second-order valence-electron chi connectivity index (χ2n) is 5.77. The number of amides is 1. The number of hydrogen-bond donors (Lipinski definition) is 2. The van der Waals surface area contributed by atoms with Gasteiger partial charge in [0.15, 0.2) is 0 Å². The molecule has 0 saturated heterocycles. The Labute approximate surface area is 153 Å². The quantitative estimate of drug-likeness (QED) is 0.502. The topological polar surface area (TPSA) is 93.2 Å². The molecule has 0 atom stereocenters. The fourth-order valence-corrected chi connectivity index (χ4v) is 2.38. The van der Waals surface area contributed by atoms with Crippen LogP contribution in [0.3, 0.4) is 0 Å². The highest BCUT2D eigenvalue weighted by atomic mass is 16.5. The van der Waals surface area contributed by atoms with Gasteiger partial charge >= 0.3 is 5.97 Å². The number of carbonyl (C=O) groups is 2. The largest absolute Gasteiger partial charge is 0.469 e. The molecule has 0 bridgehead atoms. The Morgan fingerprint density at radius 3 is 2.58 bits per heavy atom. The van der Waals surface area contributed by atoms with E-state index in [0.717, 1.165) is 31.4 Å². The van der Waals surface area contributed by atoms with Gasteiger partial charge in [0.25, 0.3) is 5.91 Å². The van der Waals surface area contributed by atoms with Gasteiger partial charge in [0.05, 0.1) is 7.11 Å². The molecule has 1 aromatic heterocycles. The first-order chi connectivity index (χ1) is 12.7. The lowest BCUT2D eigenvalue weighted by Gasteiger charge is -2.08.